The predicted octanol–water partition coefficient (Wildman–Crippen LogP) is 1.85. The first kappa shape index (κ1) is 17.8. The molecule has 3 aliphatic heterocycles. The molecule has 6 nitrogen and oxygen atoms in total. The molecule has 0 saturated carbocycles. The Labute approximate surface area is 155 Å². The molecular formula is C20H29N3O3. The van der Waals surface area contributed by atoms with Gasteiger partial charge in [-0.15, -0.1) is 0 Å². The van der Waals surface area contributed by atoms with Crippen LogP contribution in [0.2, 0.25) is 0 Å². The van der Waals surface area contributed by atoms with Crippen LogP contribution in [0, 0.1) is 0 Å². The summed E-state index contributed by atoms with van der Waals surface area (Å²) in [6, 6.07) is 10.7. The Hall–Kier alpha value is -1.63. The fourth-order valence-electron chi connectivity index (χ4n) is 4.28. The first-order chi connectivity index (χ1) is 12.7. The van der Waals surface area contributed by atoms with Gasteiger partial charge in [0, 0.05) is 58.7 Å². The molecule has 0 bridgehead atoms. The highest BCUT2D eigenvalue weighted by Crippen LogP contribution is 2.29. The van der Waals surface area contributed by atoms with Crippen LogP contribution in [0.1, 0.15) is 24.8 Å². The van der Waals surface area contributed by atoms with Crippen LogP contribution in [-0.4, -0.2) is 73.5 Å². The lowest BCUT2D eigenvalue weighted by atomic mass is 9.91. The van der Waals surface area contributed by atoms with Gasteiger partial charge in [-0.05, 0) is 12.0 Å². The third-order valence-electron chi connectivity index (χ3n) is 5.78. The molecule has 0 aromatic heterocycles. The van der Waals surface area contributed by atoms with Gasteiger partial charge in [0.05, 0.1) is 12.6 Å². The summed E-state index contributed by atoms with van der Waals surface area (Å²) in [7, 11) is 0. The number of carbonyl (C=O) groups is 1. The molecule has 1 aromatic carbocycles. The molecule has 0 radical (unpaired) electrons. The zero-order chi connectivity index (χ0) is 17.8. The van der Waals surface area contributed by atoms with Gasteiger partial charge in [0.1, 0.15) is 5.60 Å². The zero-order valence-electron chi connectivity index (χ0n) is 15.4. The van der Waals surface area contributed by atoms with Crippen molar-refractivity contribution in [2.45, 2.75) is 37.5 Å². The molecule has 3 fully saturated rings. The van der Waals surface area contributed by atoms with Crippen molar-refractivity contribution in [1.29, 1.82) is 0 Å². The summed E-state index contributed by atoms with van der Waals surface area (Å²) in [5.41, 5.74) is 1.10. The molecule has 1 aromatic rings. The molecule has 4 rings (SSSR count). The average Bonchev–Trinajstić information content (AvgIpc) is 2.86. The number of hydrogen-bond acceptors (Lipinski definition) is 5. The summed E-state index contributed by atoms with van der Waals surface area (Å²) in [6.45, 7) is 7.46. The first-order valence-electron chi connectivity index (χ1n) is 9.78. The van der Waals surface area contributed by atoms with Gasteiger partial charge in [-0.3, -0.25) is 4.90 Å². The summed E-state index contributed by atoms with van der Waals surface area (Å²) >= 11 is 0. The van der Waals surface area contributed by atoms with E-state index < -0.39 is 0 Å². The van der Waals surface area contributed by atoms with Crippen LogP contribution in [0.25, 0.3) is 0 Å². The number of hydrogen-bond donors (Lipinski definition) is 1. The van der Waals surface area contributed by atoms with Crippen molar-refractivity contribution >= 4 is 6.09 Å². The molecule has 0 unspecified atom stereocenters. The minimum Gasteiger partial charge on any atom is -0.441 e. The van der Waals surface area contributed by atoms with Gasteiger partial charge in [0.25, 0.3) is 0 Å². The van der Waals surface area contributed by atoms with Gasteiger partial charge >= 0.3 is 6.09 Å². The summed E-state index contributed by atoms with van der Waals surface area (Å²) in [5.74, 6) is 0. The average molecular weight is 359 g/mol. The molecule has 3 heterocycles. The van der Waals surface area contributed by atoms with E-state index in [0.717, 1.165) is 65.1 Å². The highest BCUT2D eigenvalue weighted by Gasteiger charge is 2.43. The number of nitrogens with zero attached hydrogens (tertiary/aromatic N) is 2. The van der Waals surface area contributed by atoms with Crippen LogP contribution < -0.4 is 5.32 Å². The third-order valence-corrected chi connectivity index (χ3v) is 5.78. The number of amides is 1. The molecule has 6 heteroatoms. The largest absolute Gasteiger partial charge is 0.441 e. The molecule has 1 amide bonds. The second-order valence-corrected chi connectivity index (χ2v) is 7.79. The van der Waals surface area contributed by atoms with Crippen LogP contribution in [0.15, 0.2) is 30.3 Å². The Morgan fingerprint density at radius 3 is 2.65 bits per heavy atom. The molecule has 0 aliphatic carbocycles. The second kappa shape index (κ2) is 7.94. The molecule has 142 valence electrons. The highest BCUT2D eigenvalue weighted by atomic mass is 16.6. The minimum atomic E-state index is -0.267. The number of piperidine rings is 1. The standard InChI is InChI=1S/C20H29N3O3/c24-19-21-16-20(26-19)7-10-22(11-8-20)14-18-15-23(9-4-12-25-18)13-17-5-2-1-3-6-17/h1-3,5-6,18H,4,7-16H2,(H,21,24)/t18-/m1/s1. The van der Waals surface area contributed by atoms with Gasteiger partial charge in [0.15, 0.2) is 0 Å². The Balaban J connectivity index is 1.28. The lowest BCUT2D eigenvalue weighted by molar-refractivity contribution is -0.0234. The molecule has 3 saturated heterocycles. The third kappa shape index (κ3) is 4.37. The van der Waals surface area contributed by atoms with E-state index in [2.05, 4.69) is 45.4 Å². The van der Waals surface area contributed by atoms with E-state index in [1.807, 2.05) is 0 Å². The van der Waals surface area contributed by atoms with Gasteiger partial charge in [-0.1, -0.05) is 30.3 Å². The van der Waals surface area contributed by atoms with Crippen molar-refractivity contribution < 1.29 is 14.3 Å². The monoisotopic (exact) mass is 359 g/mol. The topological polar surface area (TPSA) is 54.0 Å². The maximum Gasteiger partial charge on any atom is 0.407 e. The first-order valence-corrected chi connectivity index (χ1v) is 9.78. The van der Waals surface area contributed by atoms with E-state index in [-0.39, 0.29) is 17.8 Å². The van der Waals surface area contributed by atoms with Gasteiger partial charge in [0.2, 0.25) is 0 Å². The van der Waals surface area contributed by atoms with E-state index in [9.17, 15) is 4.79 Å². The Morgan fingerprint density at radius 1 is 1.12 bits per heavy atom. The van der Waals surface area contributed by atoms with Crippen LogP contribution in [0.5, 0.6) is 0 Å². The zero-order valence-corrected chi connectivity index (χ0v) is 15.4. The van der Waals surface area contributed by atoms with Crippen LogP contribution >= 0.6 is 0 Å². The maximum atomic E-state index is 11.4. The van der Waals surface area contributed by atoms with Gasteiger partial charge < -0.3 is 19.7 Å². The van der Waals surface area contributed by atoms with E-state index in [1.165, 1.54) is 5.56 Å². The predicted molar refractivity (Wildman–Crippen MR) is 99.0 cm³/mol. The summed E-state index contributed by atoms with van der Waals surface area (Å²) in [5, 5.41) is 2.80. The van der Waals surface area contributed by atoms with Crippen molar-refractivity contribution in [2.24, 2.45) is 0 Å². The van der Waals surface area contributed by atoms with Crippen molar-refractivity contribution in [3.05, 3.63) is 35.9 Å². The Morgan fingerprint density at radius 2 is 1.92 bits per heavy atom. The molecular weight excluding hydrogens is 330 g/mol. The maximum absolute atomic E-state index is 11.4. The number of carbonyl (C=O) groups excluding carboxylic acids is 1. The number of alkyl carbamates (subject to hydrolysis) is 1. The fourth-order valence-corrected chi connectivity index (χ4v) is 4.28. The molecule has 1 spiro atoms. The second-order valence-electron chi connectivity index (χ2n) is 7.79. The summed E-state index contributed by atoms with van der Waals surface area (Å²) < 4.78 is 11.6. The SMILES string of the molecule is O=C1NCC2(CCN(C[C@@H]3CN(Cc4ccccc4)CCCO3)CC2)O1. The highest BCUT2D eigenvalue weighted by molar-refractivity contribution is 5.70. The fraction of sp³-hybridized carbons (Fsp3) is 0.650. The number of rotatable bonds is 4. The van der Waals surface area contributed by atoms with Crippen molar-refractivity contribution in [2.75, 3.05) is 45.9 Å². The lowest BCUT2D eigenvalue weighted by Gasteiger charge is -2.38. The number of ether oxygens (including phenoxy) is 2. The minimum absolute atomic E-state index is 0.250. The number of benzene rings is 1. The van der Waals surface area contributed by atoms with E-state index >= 15 is 0 Å². The van der Waals surface area contributed by atoms with Gasteiger partial charge in [-0.25, -0.2) is 4.79 Å². The number of likely N-dealkylation sites (tertiary alicyclic amines) is 1. The normalized spacial score (nSPS) is 27.1. The molecule has 1 atom stereocenters. The van der Waals surface area contributed by atoms with E-state index in [1.54, 1.807) is 0 Å². The smallest absolute Gasteiger partial charge is 0.407 e. The quantitative estimate of drug-likeness (QED) is 0.889. The van der Waals surface area contributed by atoms with E-state index in [4.69, 9.17) is 9.47 Å². The van der Waals surface area contributed by atoms with Crippen LogP contribution in [-0.2, 0) is 16.0 Å². The Bertz CT molecular complexity index is 602. The van der Waals surface area contributed by atoms with E-state index in [0.29, 0.717) is 6.54 Å². The van der Waals surface area contributed by atoms with Crippen molar-refractivity contribution in [3.63, 3.8) is 0 Å². The Kier molecular flexibility index (Phi) is 5.43. The van der Waals surface area contributed by atoms with Gasteiger partial charge in [-0.2, -0.15) is 0 Å². The van der Waals surface area contributed by atoms with Crippen molar-refractivity contribution in [3.8, 4) is 0 Å². The van der Waals surface area contributed by atoms with Crippen molar-refractivity contribution in [1.82, 2.24) is 15.1 Å². The summed E-state index contributed by atoms with van der Waals surface area (Å²) in [4.78, 5) is 16.3. The molecule has 1 N–H and O–H groups in total. The lowest BCUT2D eigenvalue weighted by Crippen LogP contribution is -2.49. The molecule has 3 aliphatic rings. The summed E-state index contributed by atoms with van der Waals surface area (Å²) in [6.07, 6.45) is 2.90. The van der Waals surface area contributed by atoms with Crippen LogP contribution in [0.3, 0.4) is 0 Å². The number of nitrogens with one attached hydrogen (secondary N) is 1. The molecule has 26 heavy (non-hydrogen) atoms. The van der Waals surface area contributed by atoms with Crippen LogP contribution in [0.4, 0.5) is 4.79 Å².